The quantitative estimate of drug-likeness (QED) is 0.591. The lowest BCUT2D eigenvalue weighted by molar-refractivity contribution is -0.116. The molecule has 26 heavy (non-hydrogen) atoms. The molecule has 1 amide bonds. The third-order valence-corrected chi connectivity index (χ3v) is 3.97. The number of nitrogens with zero attached hydrogens (tertiary/aromatic N) is 2. The van der Waals surface area contributed by atoms with Crippen LogP contribution in [0.5, 0.6) is 0 Å². The highest BCUT2D eigenvalue weighted by molar-refractivity contribution is 5.90. The molecule has 0 saturated carbocycles. The molecule has 0 unspecified atom stereocenters. The number of amides is 1. The second-order valence-corrected chi connectivity index (χ2v) is 6.24. The Kier molecular flexibility index (Phi) is 7.68. The highest BCUT2D eigenvalue weighted by atomic mass is 16.1. The van der Waals surface area contributed by atoms with E-state index in [4.69, 9.17) is 0 Å². The molecule has 2 aromatic rings. The summed E-state index contributed by atoms with van der Waals surface area (Å²) >= 11 is 0. The topological polar surface area (TPSA) is 56.7 Å². The smallest absolute Gasteiger partial charge is 0.224 e. The zero-order valence-corrected chi connectivity index (χ0v) is 15.8. The molecule has 5 heteroatoms. The first-order valence-electron chi connectivity index (χ1n) is 8.97. The van der Waals surface area contributed by atoms with Gasteiger partial charge in [-0.2, -0.15) is 0 Å². The van der Waals surface area contributed by atoms with Crippen molar-refractivity contribution in [3.63, 3.8) is 0 Å². The van der Waals surface area contributed by atoms with E-state index < -0.39 is 0 Å². The minimum atomic E-state index is 0.0519. The molecule has 0 aromatic heterocycles. The minimum absolute atomic E-state index is 0.0519. The largest absolute Gasteiger partial charge is 0.352 e. The summed E-state index contributed by atoms with van der Waals surface area (Å²) in [5.41, 5.74) is 3.16. The number of benzene rings is 2. The van der Waals surface area contributed by atoms with E-state index in [1.807, 2.05) is 56.4 Å². The predicted octanol–water partition coefficient (Wildman–Crippen LogP) is 3.63. The molecule has 0 saturated heterocycles. The van der Waals surface area contributed by atoms with Crippen LogP contribution >= 0.6 is 0 Å². The number of carbonyl (C=O) groups excluding carboxylic acids is 1. The van der Waals surface area contributed by atoms with Crippen LogP contribution in [0.4, 0.5) is 5.69 Å². The molecule has 0 aliphatic rings. The van der Waals surface area contributed by atoms with Crippen molar-refractivity contribution in [3.05, 3.63) is 65.7 Å². The normalized spacial score (nSPS) is 11.1. The van der Waals surface area contributed by atoms with Crippen LogP contribution < -0.4 is 10.6 Å². The first-order valence-corrected chi connectivity index (χ1v) is 8.97. The average molecular weight is 352 g/mol. The summed E-state index contributed by atoms with van der Waals surface area (Å²) in [5, 5.41) is 6.31. The molecule has 2 aromatic carbocycles. The van der Waals surface area contributed by atoms with E-state index in [2.05, 4.69) is 32.7 Å². The van der Waals surface area contributed by atoms with Gasteiger partial charge in [0, 0.05) is 39.3 Å². The molecule has 0 spiro atoms. The van der Waals surface area contributed by atoms with Gasteiger partial charge in [-0.15, -0.1) is 0 Å². The number of hydrogen-bond acceptors (Lipinski definition) is 2. The maximum atomic E-state index is 11.7. The van der Waals surface area contributed by atoms with E-state index in [1.54, 1.807) is 7.05 Å². The summed E-state index contributed by atoms with van der Waals surface area (Å²) in [5.74, 6) is 0.880. The van der Waals surface area contributed by atoms with E-state index in [-0.39, 0.29) is 5.91 Å². The molecule has 0 heterocycles. The molecule has 2 N–H and O–H groups in total. The van der Waals surface area contributed by atoms with Crippen molar-refractivity contribution in [1.82, 2.24) is 10.2 Å². The van der Waals surface area contributed by atoms with Crippen LogP contribution in [0.2, 0.25) is 0 Å². The van der Waals surface area contributed by atoms with Gasteiger partial charge in [0.25, 0.3) is 0 Å². The molecule has 0 aliphatic heterocycles. The van der Waals surface area contributed by atoms with Crippen molar-refractivity contribution in [2.24, 2.45) is 4.99 Å². The second kappa shape index (κ2) is 10.2. The Morgan fingerprint density at radius 3 is 2.50 bits per heavy atom. The van der Waals surface area contributed by atoms with Crippen LogP contribution in [-0.2, 0) is 17.9 Å². The first-order chi connectivity index (χ1) is 12.6. The fourth-order valence-electron chi connectivity index (χ4n) is 2.71. The fraction of sp³-hybridized carbons (Fsp3) is 0.333. The Hall–Kier alpha value is -2.82. The lowest BCUT2D eigenvalue weighted by Gasteiger charge is -2.22. The van der Waals surface area contributed by atoms with Gasteiger partial charge in [0.15, 0.2) is 5.96 Å². The maximum absolute atomic E-state index is 11.7. The summed E-state index contributed by atoms with van der Waals surface area (Å²) in [6.07, 6.45) is 1.39. The number of anilines is 1. The van der Waals surface area contributed by atoms with Crippen molar-refractivity contribution in [2.45, 2.75) is 32.9 Å². The first kappa shape index (κ1) is 19.5. The highest BCUT2D eigenvalue weighted by Crippen LogP contribution is 2.11. The maximum Gasteiger partial charge on any atom is 0.224 e. The predicted molar refractivity (Wildman–Crippen MR) is 108 cm³/mol. The van der Waals surface area contributed by atoms with Crippen LogP contribution in [0.25, 0.3) is 0 Å². The molecular formula is C21H28N4O. The number of rotatable bonds is 7. The second-order valence-electron chi connectivity index (χ2n) is 6.24. The van der Waals surface area contributed by atoms with E-state index in [9.17, 15) is 4.79 Å². The zero-order valence-electron chi connectivity index (χ0n) is 15.8. The standard InChI is InChI=1S/C21H28N4O/c1-4-9-20(26)24-19-13-8-12-18(14-19)15-23-21(22-2)25(3)16-17-10-6-5-7-11-17/h5-8,10-14H,4,9,15-16H2,1-3H3,(H,22,23)(H,24,26). The molecule has 2 rings (SSSR count). The van der Waals surface area contributed by atoms with Crippen molar-refractivity contribution >= 4 is 17.6 Å². The van der Waals surface area contributed by atoms with Gasteiger partial charge >= 0.3 is 0 Å². The Labute approximate surface area is 156 Å². The Morgan fingerprint density at radius 2 is 1.81 bits per heavy atom. The zero-order chi connectivity index (χ0) is 18.8. The summed E-state index contributed by atoms with van der Waals surface area (Å²) < 4.78 is 0. The van der Waals surface area contributed by atoms with Crippen LogP contribution in [-0.4, -0.2) is 30.9 Å². The Balaban J connectivity index is 1.92. The van der Waals surface area contributed by atoms with Crippen LogP contribution in [0.1, 0.15) is 30.9 Å². The average Bonchev–Trinajstić information content (AvgIpc) is 2.63. The number of hydrogen-bond donors (Lipinski definition) is 2. The summed E-state index contributed by atoms with van der Waals surface area (Å²) in [7, 11) is 3.80. The highest BCUT2D eigenvalue weighted by Gasteiger charge is 2.07. The summed E-state index contributed by atoms with van der Waals surface area (Å²) in [4.78, 5) is 18.2. The van der Waals surface area contributed by atoms with Gasteiger partial charge in [-0.3, -0.25) is 9.79 Å². The van der Waals surface area contributed by atoms with Gasteiger partial charge in [-0.25, -0.2) is 0 Å². The monoisotopic (exact) mass is 352 g/mol. The lowest BCUT2D eigenvalue weighted by atomic mass is 10.2. The summed E-state index contributed by atoms with van der Waals surface area (Å²) in [6.45, 7) is 3.42. The molecule has 0 aliphatic carbocycles. The lowest BCUT2D eigenvalue weighted by Crippen LogP contribution is -2.38. The third-order valence-electron chi connectivity index (χ3n) is 3.97. The van der Waals surface area contributed by atoms with Crippen molar-refractivity contribution in [3.8, 4) is 0 Å². The molecular weight excluding hydrogens is 324 g/mol. The Bertz CT molecular complexity index is 728. The summed E-state index contributed by atoms with van der Waals surface area (Å²) in [6, 6.07) is 18.2. The van der Waals surface area contributed by atoms with Gasteiger partial charge in [0.05, 0.1) is 0 Å². The molecule has 0 radical (unpaired) electrons. The van der Waals surface area contributed by atoms with Crippen LogP contribution in [0.3, 0.4) is 0 Å². The number of guanidine groups is 1. The van der Waals surface area contributed by atoms with Gasteiger partial charge in [-0.05, 0) is 29.7 Å². The molecule has 138 valence electrons. The molecule has 5 nitrogen and oxygen atoms in total. The van der Waals surface area contributed by atoms with Gasteiger partial charge in [-0.1, -0.05) is 49.4 Å². The van der Waals surface area contributed by atoms with Gasteiger partial charge in [0.2, 0.25) is 5.91 Å². The van der Waals surface area contributed by atoms with E-state index in [1.165, 1.54) is 5.56 Å². The van der Waals surface area contributed by atoms with Crippen molar-refractivity contribution in [1.29, 1.82) is 0 Å². The van der Waals surface area contributed by atoms with E-state index in [0.29, 0.717) is 13.0 Å². The SMILES string of the molecule is CCCC(=O)Nc1cccc(CNC(=NC)N(C)Cc2ccccc2)c1. The van der Waals surface area contributed by atoms with Gasteiger partial charge < -0.3 is 15.5 Å². The number of aliphatic imine (C=N–C) groups is 1. The fourth-order valence-corrected chi connectivity index (χ4v) is 2.71. The van der Waals surface area contributed by atoms with Crippen LogP contribution in [0, 0.1) is 0 Å². The third kappa shape index (κ3) is 6.24. The van der Waals surface area contributed by atoms with E-state index in [0.717, 1.165) is 30.2 Å². The molecule has 0 atom stereocenters. The van der Waals surface area contributed by atoms with Gasteiger partial charge in [0.1, 0.15) is 0 Å². The number of nitrogens with one attached hydrogen (secondary N) is 2. The molecule has 0 bridgehead atoms. The van der Waals surface area contributed by atoms with Crippen LogP contribution in [0.15, 0.2) is 59.6 Å². The van der Waals surface area contributed by atoms with Crippen molar-refractivity contribution in [2.75, 3.05) is 19.4 Å². The number of carbonyl (C=O) groups is 1. The van der Waals surface area contributed by atoms with E-state index >= 15 is 0 Å². The Morgan fingerprint density at radius 1 is 1.08 bits per heavy atom. The molecule has 0 fully saturated rings. The minimum Gasteiger partial charge on any atom is -0.352 e. The van der Waals surface area contributed by atoms with Crippen molar-refractivity contribution < 1.29 is 4.79 Å².